The number of carbonyl (C=O) groups excluding carboxylic acids is 1. The van der Waals surface area contributed by atoms with Crippen molar-refractivity contribution in [2.45, 2.75) is 51.9 Å². The highest BCUT2D eigenvalue weighted by Gasteiger charge is 2.22. The van der Waals surface area contributed by atoms with Crippen LogP contribution in [0.5, 0.6) is 0 Å². The number of piperidine rings is 1. The number of methoxy groups -OCH3 is 1. The van der Waals surface area contributed by atoms with E-state index in [0.29, 0.717) is 31.4 Å². The maximum absolute atomic E-state index is 11.8. The molecule has 4 nitrogen and oxygen atoms in total. The van der Waals surface area contributed by atoms with Crippen molar-refractivity contribution in [1.82, 2.24) is 10.2 Å². The van der Waals surface area contributed by atoms with Crippen molar-refractivity contribution in [2.75, 3.05) is 39.9 Å². The van der Waals surface area contributed by atoms with Crippen LogP contribution in [0.25, 0.3) is 0 Å². The van der Waals surface area contributed by atoms with Crippen molar-refractivity contribution in [1.29, 1.82) is 0 Å². The summed E-state index contributed by atoms with van der Waals surface area (Å²) in [6.45, 7) is 11.0. The summed E-state index contributed by atoms with van der Waals surface area (Å²) in [6.07, 6.45) is 10.3. The molecular formula is C21H36N2O2. The van der Waals surface area contributed by atoms with E-state index in [0.717, 1.165) is 13.0 Å². The molecule has 2 aliphatic rings. The molecule has 2 rings (SSSR count). The Morgan fingerprint density at radius 2 is 2.12 bits per heavy atom. The number of amides is 1. The molecule has 0 aromatic heterocycles. The zero-order valence-electron chi connectivity index (χ0n) is 16.2. The largest absolute Gasteiger partial charge is 0.383 e. The first-order valence-electron chi connectivity index (χ1n) is 9.89. The predicted molar refractivity (Wildman–Crippen MR) is 104 cm³/mol. The number of hydrogen-bond acceptors (Lipinski definition) is 3. The Morgan fingerprint density at radius 3 is 2.72 bits per heavy atom. The van der Waals surface area contributed by atoms with Crippen LogP contribution in [0.1, 0.15) is 51.9 Å². The van der Waals surface area contributed by atoms with Gasteiger partial charge in [-0.3, -0.25) is 9.69 Å². The number of hydrogen-bond donors (Lipinski definition) is 1. The number of likely N-dealkylation sites (tertiary alicyclic amines) is 1. The summed E-state index contributed by atoms with van der Waals surface area (Å²) >= 11 is 0. The Balaban J connectivity index is 1.60. The SMILES string of the molecule is C=C(C)[C@@H]1CC=C(CN2CCC(CCC(=O)NCCOC)CC2)CC1. The van der Waals surface area contributed by atoms with Gasteiger partial charge in [0.1, 0.15) is 0 Å². The molecule has 0 aromatic carbocycles. The smallest absolute Gasteiger partial charge is 0.220 e. The third-order valence-electron chi connectivity index (χ3n) is 5.74. The van der Waals surface area contributed by atoms with Crippen LogP contribution in [-0.2, 0) is 9.53 Å². The van der Waals surface area contributed by atoms with Crippen LogP contribution in [0.2, 0.25) is 0 Å². The summed E-state index contributed by atoms with van der Waals surface area (Å²) < 4.78 is 4.95. The van der Waals surface area contributed by atoms with E-state index in [1.165, 1.54) is 50.8 Å². The lowest BCUT2D eigenvalue weighted by atomic mass is 9.85. The van der Waals surface area contributed by atoms with Crippen molar-refractivity contribution in [3.63, 3.8) is 0 Å². The molecule has 1 atom stereocenters. The molecule has 25 heavy (non-hydrogen) atoms. The van der Waals surface area contributed by atoms with Gasteiger partial charge in [0.05, 0.1) is 6.61 Å². The van der Waals surface area contributed by atoms with E-state index in [-0.39, 0.29) is 5.91 Å². The molecule has 0 radical (unpaired) electrons. The van der Waals surface area contributed by atoms with Crippen LogP contribution < -0.4 is 5.32 Å². The minimum atomic E-state index is 0.166. The van der Waals surface area contributed by atoms with E-state index < -0.39 is 0 Å². The van der Waals surface area contributed by atoms with Crippen molar-refractivity contribution in [3.8, 4) is 0 Å². The van der Waals surface area contributed by atoms with Crippen molar-refractivity contribution in [3.05, 3.63) is 23.8 Å². The van der Waals surface area contributed by atoms with Crippen LogP contribution in [-0.4, -0.2) is 50.7 Å². The molecule has 1 amide bonds. The van der Waals surface area contributed by atoms with E-state index in [4.69, 9.17) is 4.74 Å². The Labute approximate surface area is 153 Å². The maximum Gasteiger partial charge on any atom is 0.220 e. The second-order valence-corrected chi connectivity index (χ2v) is 7.78. The molecule has 1 aliphatic carbocycles. The first kappa shape index (κ1) is 20.2. The summed E-state index contributed by atoms with van der Waals surface area (Å²) in [7, 11) is 1.65. The minimum absolute atomic E-state index is 0.166. The lowest BCUT2D eigenvalue weighted by Crippen LogP contribution is -2.36. The quantitative estimate of drug-likeness (QED) is 0.512. The monoisotopic (exact) mass is 348 g/mol. The third kappa shape index (κ3) is 7.33. The molecule has 0 bridgehead atoms. The van der Waals surface area contributed by atoms with Gasteiger partial charge in [0.25, 0.3) is 0 Å². The molecule has 1 heterocycles. The Hall–Kier alpha value is -1.13. The standard InChI is InChI=1S/C21H36N2O2/c1-17(2)20-7-4-19(5-8-20)16-23-13-10-18(11-14-23)6-9-21(24)22-12-15-25-3/h4,18,20H,1,5-16H2,2-3H3,(H,22,24)/t20-/m1/s1. The predicted octanol–water partition coefficient (Wildman–Crippen LogP) is 3.54. The summed E-state index contributed by atoms with van der Waals surface area (Å²) in [5.74, 6) is 1.57. The summed E-state index contributed by atoms with van der Waals surface area (Å²) in [4.78, 5) is 14.4. The molecule has 0 aromatic rings. The normalized spacial score (nSPS) is 22.5. The molecule has 1 aliphatic heterocycles. The lowest BCUT2D eigenvalue weighted by molar-refractivity contribution is -0.121. The highest BCUT2D eigenvalue weighted by Crippen LogP contribution is 2.29. The fourth-order valence-electron chi connectivity index (χ4n) is 3.92. The van der Waals surface area contributed by atoms with Gasteiger partial charge < -0.3 is 10.1 Å². The van der Waals surface area contributed by atoms with Crippen molar-refractivity contribution >= 4 is 5.91 Å². The Morgan fingerprint density at radius 1 is 1.36 bits per heavy atom. The van der Waals surface area contributed by atoms with Crippen LogP contribution in [0.3, 0.4) is 0 Å². The van der Waals surface area contributed by atoms with Gasteiger partial charge in [-0.2, -0.15) is 0 Å². The van der Waals surface area contributed by atoms with Gasteiger partial charge in [-0.05, 0) is 70.4 Å². The lowest BCUT2D eigenvalue weighted by Gasteiger charge is -2.33. The highest BCUT2D eigenvalue weighted by atomic mass is 16.5. The molecule has 142 valence electrons. The minimum Gasteiger partial charge on any atom is -0.383 e. The Bertz CT molecular complexity index is 465. The first-order chi connectivity index (χ1) is 12.1. The van der Waals surface area contributed by atoms with Crippen LogP contribution in [0.15, 0.2) is 23.8 Å². The highest BCUT2D eigenvalue weighted by molar-refractivity contribution is 5.75. The molecule has 0 spiro atoms. The van der Waals surface area contributed by atoms with E-state index in [1.807, 2.05) is 0 Å². The van der Waals surface area contributed by atoms with E-state index >= 15 is 0 Å². The van der Waals surface area contributed by atoms with Gasteiger partial charge in [-0.1, -0.05) is 23.8 Å². The summed E-state index contributed by atoms with van der Waals surface area (Å²) in [5.41, 5.74) is 2.95. The second-order valence-electron chi connectivity index (χ2n) is 7.78. The average Bonchev–Trinajstić information content (AvgIpc) is 2.62. The number of nitrogens with zero attached hydrogens (tertiary/aromatic N) is 1. The molecule has 1 fully saturated rings. The zero-order valence-corrected chi connectivity index (χ0v) is 16.2. The number of rotatable bonds is 9. The van der Waals surface area contributed by atoms with Gasteiger partial charge in [-0.15, -0.1) is 0 Å². The summed E-state index contributed by atoms with van der Waals surface area (Å²) in [5, 5.41) is 2.91. The van der Waals surface area contributed by atoms with Gasteiger partial charge in [-0.25, -0.2) is 0 Å². The molecular weight excluding hydrogens is 312 g/mol. The van der Waals surface area contributed by atoms with Gasteiger partial charge >= 0.3 is 0 Å². The fourth-order valence-corrected chi connectivity index (χ4v) is 3.92. The maximum atomic E-state index is 11.8. The van der Waals surface area contributed by atoms with E-state index in [9.17, 15) is 4.79 Å². The van der Waals surface area contributed by atoms with Gasteiger partial charge in [0.2, 0.25) is 5.91 Å². The van der Waals surface area contributed by atoms with Crippen LogP contribution in [0, 0.1) is 11.8 Å². The summed E-state index contributed by atoms with van der Waals surface area (Å²) in [6, 6.07) is 0. The van der Waals surface area contributed by atoms with E-state index in [2.05, 4.69) is 29.8 Å². The van der Waals surface area contributed by atoms with Gasteiger partial charge in [0.15, 0.2) is 0 Å². The molecule has 4 heteroatoms. The topological polar surface area (TPSA) is 41.6 Å². The average molecular weight is 349 g/mol. The van der Waals surface area contributed by atoms with Crippen LogP contribution >= 0.6 is 0 Å². The first-order valence-corrected chi connectivity index (χ1v) is 9.89. The van der Waals surface area contributed by atoms with Crippen LogP contribution in [0.4, 0.5) is 0 Å². The molecule has 0 saturated carbocycles. The molecule has 1 N–H and O–H groups in total. The number of allylic oxidation sites excluding steroid dienone is 2. The zero-order chi connectivity index (χ0) is 18.1. The molecule has 1 saturated heterocycles. The number of carbonyl (C=O) groups is 1. The van der Waals surface area contributed by atoms with E-state index in [1.54, 1.807) is 12.7 Å². The van der Waals surface area contributed by atoms with Crippen molar-refractivity contribution < 1.29 is 9.53 Å². The van der Waals surface area contributed by atoms with Gasteiger partial charge in [0, 0.05) is 26.6 Å². The fraction of sp³-hybridized carbons (Fsp3) is 0.762. The van der Waals surface area contributed by atoms with Crippen molar-refractivity contribution in [2.24, 2.45) is 11.8 Å². The third-order valence-corrected chi connectivity index (χ3v) is 5.74. The molecule has 0 unspecified atom stereocenters. The second kappa shape index (κ2) is 10.8. The number of ether oxygens (including phenoxy) is 1. The Kier molecular flexibility index (Phi) is 8.70. The number of nitrogens with one attached hydrogen (secondary N) is 1.